The molecule has 2 saturated carbocycles. The molecule has 4 aliphatic rings. The Balaban J connectivity index is 1.45. The molecule has 220 valence electrons. The van der Waals surface area contributed by atoms with Gasteiger partial charge in [-0.2, -0.15) is 0 Å². The summed E-state index contributed by atoms with van der Waals surface area (Å²) >= 11 is 0. The summed E-state index contributed by atoms with van der Waals surface area (Å²) < 4.78 is 5.64. The van der Waals surface area contributed by atoms with Crippen LogP contribution in [-0.2, 0) is 32.1 Å². The van der Waals surface area contributed by atoms with Gasteiger partial charge in [0.2, 0.25) is 5.91 Å². The van der Waals surface area contributed by atoms with Gasteiger partial charge in [0, 0.05) is 30.4 Å². The van der Waals surface area contributed by atoms with Gasteiger partial charge < -0.3 is 25.8 Å². The molecule has 11 nitrogen and oxygen atoms in total. The number of hydrogen-bond donors (Lipinski definition) is 4. The summed E-state index contributed by atoms with van der Waals surface area (Å²) in [5.41, 5.74) is 4.78. The monoisotopic (exact) mass is 576 g/mol. The number of benzene rings is 2. The minimum absolute atomic E-state index is 0.0594. The van der Waals surface area contributed by atoms with Gasteiger partial charge in [-0.3, -0.25) is 28.9 Å². The highest BCUT2D eigenvalue weighted by atomic mass is 16.5. The summed E-state index contributed by atoms with van der Waals surface area (Å²) in [6.07, 6.45) is -0.0365. The summed E-state index contributed by atoms with van der Waals surface area (Å²) in [7, 11) is 1.52. The fraction of sp³-hybridized carbons (Fsp3) is 0.452. The van der Waals surface area contributed by atoms with E-state index in [4.69, 9.17) is 10.5 Å². The maximum Gasteiger partial charge on any atom is 0.235 e. The molecule has 6 rings (SSSR count). The summed E-state index contributed by atoms with van der Waals surface area (Å²) in [5, 5.41) is 33.7. The second-order valence-electron chi connectivity index (χ2n) is 11.8. The van der Waals surface area contributed by atoms with Crippen LogP contribution in [0.25, 0.3) is 11.1 Å². The SMILES string of the molecule is COc1ccc(CN2CCCC2)cc1-c1ccc(O)c2c1C[C@@H]1C(C2=O)C(=O)[C@]2(O)C(=O)C(C(N)=O)C(=O)C[C@@H]2[C@H]1O. The zero-order valence-electron chi connectivity index (χ0n) is 23.0. The van der Waals surface area contributed by atoms with E-state index in [1.807, 2.05) is 18.2 Å². The Hall–Kier alpha value is -3.93. The Morgan fingerprint density at radius 1 is 1.05 bits per heavy atom. The molecule has 2 unspecified atom stereocenters. The third-order valence-electron chi connectivity index (χ3n) is 9.56. The predicted molar refractivity (Wildman–Crippen MR) is 146 cm³/mol. The molecule has 42 heavy (non-hydrogen) atoms. The number of aromatic hydroxyl groups is 1. The van der Waals surface area contributed by atoms with Gasteiger partial charge in [-0.1, -0.05) is 12.1 Å². The van der Waals surface area contributed by atoms with Crippen molar-refractivity contribution in [3.05, 3.63) is 47.0 Å². The first kappa shape index (κ1) is 28.2. The molecule has 0 bridgehead atoms. The lowest BCUT2D eigenvalue weighted by Crippen LogP contribution is -2.72. The number of methoxy groups -OCH3 is 1. The van der Waals surface area contributed by atoms with Crippen molar-refractivity contribution in [3.63, 3.8) is 0 Å². The second-order valence-corrected chi connectivity index (χ2v) is 11.8. The van der Waals surface area contributed by atoms with Gasteiger partial charge in [-0.05, 0) is 67.2 Å². The number of aliphatic hydroxyl groups excluding tert-OH is 1. The summed E-state index contributed by atoms with van der Waals surface area (Å²) in [4.78, 5) is 67.8. The van der Waals surface area contributed by atoms with Gasteiger partial charge in [0.1, 0.15) is 11.5 Å². The number of nitrogens with zero attached hydrogens (tertiary/aromatic N) is 1. The van der Waals surface area contributed by atoms with Crippen LogP contribution in [-0.4, -0.2) is 81.2 Å². The molecular weight excluding hydrogens is 544 g/mol. The quantitative estimate of drug-likeness (QED) is 0.367. The van der Waals surface area contributed by atoms with Gasteiger partial charge in [0.25, 0.3) is 0 Å². The van der Waals surface area contributed by atoms with Crippen LogP contribution in [0.1, 0.15) is 40.7 Å². The van der Waals surface area contributed by atoms with E-state index in [2.05, 4.69) is 4.90 Å². The molecule has 5 N–H and O–H groups in total. The average Bonchev–Trinajstić information content (AvgIpc) is 3.46. The maximum atomic E-state index is 14.0. The first-order valence-electron chi connectivity index (χ1n) is 14.1. The van der Waals surface area contributed by atoms with E-state index >= 15 is 0 Å². The minimum Gasteiger partial charge on any atom is -0.507 e. The van der Waals surface area contributed by atoms with Crippen molar-refractivity contribution in [1.82, 2.24) is 4.90 Å². The zero-order chi connectivity index (χ0) is 30.1. The van der Waals surface area contributed by atoms with Gasteiger partial charge in [-0.25, -0.2) is 0 Å². The number of amides is 1. The normalized spacial score (nSPS) is 31.0. The number of ketones is 4. The number of nitrogens with two attached hydrogens (primary N) is 1. The van der Waals surface area contributed by atoms with Gasteiger partial charge in [0.15, 0.2) is 34.7 Å². The number of rotatable bonds is 5. The number of likely N-dealkylation sites (tertiary alicyclic amines) is 1. The number of phenols is 1. The molecule has 1 amide bonds. The van der Waals surface area contributed by atoms with Crippen LogP contribution in [0.15, 0.2) is 30.3 Å². The van der Waals surface area contributed by atoms with Crippen molar-refractivity contribution in [2.24, 2.45) is 29.4 Å². The Kier molecular flexibility index (Phi) is 6.79. The Morgan fingerprint density at radius 3 is 2.43 bits per heavy atom. The molecule has 0 radical (unpaired) electrons. The molecular formula is C31H32N2O9. The van der Waals surface area contributed by atoms with E-state index in [0.717, 1.165) is 38.0 Å². The highest BCUT2D eigenvalue weighted by Crippen LogP contribution is 2.51. The highest BCUT2D eigenvalue weighted by molar-refractivity contribution is 6.31. The van der Waals surface area contributed by atoms with Gasteiger partial charge >= 0.3 is 0 Å². The third kappa shape index (κ3) is 4.02. The fourth-order valence-electron chi connectivity index (χ4n) is 7.50. The van der Waals surface area contributed by atoms with Crippen molar-refractivity contribution in [1.29, 1.82) is 0 Å². The largest absolute Gasteiger partial charge is 0.507 e. The molecule has 1 heterocycles. The van der Waals surface area contributed by atoms with Crippen LogP contribution in [0.3, 0.4) is 0 Å². The van der Waals surface area contributed by atoms with Crippen LogP contribution >= 0.6 is 0 Å². The number of hydrogen-bond acceptors (Lipinski definition) is 10. The van der Waals surface area contributed by atoms with Crippen LogP contribution < -0.4 is 10.5 Å². The molecule has 0 aromatic heterocycles. The summed E-state index contributed by atoms with van der Waals surface area (Å²) in [5.74, 6) is -11.9. The van der Waals surface area contributed by atoms with E-state index in [1.165, 1.54) is 13.2 Å². The number of phenolic OH excluding ortho intramolecular Hbond substituents is 1. The van der Waals surface area contributed by atoms with Crippen molar-refractivity contribution < 1.29 is 44.0 Å². The topological polar surface area (TPSA) is 185 Å². The van der Waals surface area contributed by atoms with Crippen LogP contribution in [0.2, 0.25) is 0 Å². The first-order valence-corrected chi connectivity index (χ1v) is 14.1. The number of carbonyl (C=O) groups is 5. The zero-order valence-corrected chi connectivity index (χ0v) is 23.0. The van der Waals surface area contributed by atoms with Crippen molar-refractivity contribution in [2.75, 3.05) is 20.2 Å². The van der Waals surface area contributed by atoms with E-state index in [0.29, 0.717) is 22.4 Å². The van der Waals surface area contributed by atoms with Crippen LogP contribution in [0.4, 0.5) is 0 Å². The molecule has 3 fully saturated rings. The Labute approximate surface area is 241 Å². The standard InChI is InChI=1S/C31H32N2O9/c1-42-22-7-4-14(13-33-8-2-3-9-33)10-16(22)15-5-6-20(34)23-17(15)11-18-24(27(23)37)28(38)31(41)19(26(18)36)12-21(35)25(29(31)39)30(32)40/h4-7,10,18-19,24-26,34,36,41H,2-3,8-9,11-13H2,1H3,(H2,32,40)/t18-,19-,24?,25?,26+,31+/m1/s1. The molecule has 0 spiro atoms. The number of carbonyl (C=O) groups excluding carboxylic acids is 5. The molecule has 1 saturated heterocycles. The van der Waals surface area contributed by atoms with E-state index in [-0.39, 0.29) is 17.7 Å². The number of aliphatic hydroxyl groups is 2. The number of primary amides is 1. The predicted octanol–water partition coefficient (Wildman–Crippen LogP) is 0.569. The lowest BCUT2D eigenvalue weighted by atomic mass is 9.52. The van der Waals surface area contributed by atoms with Crippen molar-refractivity contribution >= 4 is 29.0 Å². The van der Waals surface area contributed by atoms with E-state index in [1.54, 1.807) is 6.07 Å². The highest BCUT2D eigenvalue weighted by Gasteiger charge is 2.69. The van der Waals surface area contributed by atoms with Gasteiger partial charge in [-0.15, -0.1) is 0 Å². The fourth-order valence-corrected chi connectivity index (χ4v) is 7.50. The van der Waals surface area contributed by atoms with Crippen molar-refractivity contribution in [3.8, 4) is 22.6 Å². The maximum absolute atomic E-state index is 14.0. The van der Waals surface area contributed by atoms with E-state index < -0.39 is 70.8 Å². The van der Waals surface area contributed by atoms with Crippen molar-refractivity contribution in [2.45, 2.75) is 43.9 Å². The molecule has 11 heteroatoms. The molecule has 2 aromatic rings. The van der Waals surface area contributed by atoms with E-state index in [9.17, 15) is 39.3 Å². The second kappa shape index (κ2) is 10.1. The molecule has 2 aromatic carbocycles. The van der Waals surface area contributed by atoms with Crippen LogP contribution in [0.5, 0.6) is 11.5 Å². The summed E-state index contributed by atoms with van der Waals surface area (Å²) in [6.45, 7) is 2.72. The number of ether oxygens (including phenoxy) is 1. The molecule has 3 aliphatic carbocycles. The minimum atomic E-state index is -2.94. The molecule has 6 atom stereocenters. The average molecular weight is 577 g/mol. The Morgan fingerprint density at radius 2 is 1.76 bits per heavy atom. The molecule has 1 aliphatic heterocycles. The van der Waals surface area contributed by atoms with Gasteiger partial charge in [0.05, 0.1) is 24.7 Å². The lowest BCUT2D eigenvalue weighted by Gasteiger charge is -2.51. The Bertz CT molecular complexity index is 1550. The summed E-state index contributed by atoms with van der Waals surface area (Å²) in [6, 6.07) is 8.76. The lowest BCUT2D eigenvalue weighted by molar-refractivity contribution is -0.188. The smallest absolute Gasteiger partial charge is 0.235 e. The number of Topliss-reactive ketones (excluding diaryl/α,β-unsaturated/α-hetero) is 4. The van der Waals surface area contributed by atoms with Crippen LogP contribution in [0, 0.1) is 23.7 Å². The first-order chi connectivity index (χ1) is 20.0. The third-order valence-corrected chi connectivity index (χ3v) is 9.56. The number of fused-ring (bicyclic) bond motifs is 3.